The van der Waals surface area contributed by atoms with Crippen molar-refractivity contribution in [3.63, 3.8) is 0 Å². The predicted molar refractivity (Wildman–Crippen MR) is 90.0 cm³/mol. The van der Waals surface area contributed by atoms with Gasteiger partial charge in [-0.05, 0) is 29.9 Å². The van der Waals surface area contributed by atoms with E-state index in [9.17, 15) is 0 Å². The molecule has 0 bridgehead atoms. The van der Waals surface area contributed by atoms with Gasteiger partial charge in [-0.2, -0.15) is 5.10 Å². The molecule has 0 aromatic heterocycles. The number of nitrogens with zero attached hydrogens (tertiary/aromatic N) is 2. The van der Waals surface area contributed by atoms with Crippen LogP contribution in [0.5, 0.6) is 0 Å². The average Bonchev–Trinajstić information content (AvgIpc) is 2.50. The van der Waals surface area contributed by atoms with Gasteiger partial charge in [0.05, 0.1) is 19.4 Å². The van der Waals surface area contributed by atoms with Crippen LogP contribution in [0.2, 0.25) is 5.02 Å². The number of thiocarbonyl (C=S) groups is 1. The Bertz CT molecular complexity index is 474. The molecule has 0 aliphatic carbocycles. The van der Waals surface area contributed by atoms with Gasteiger partial charge < -0.3 is 10.1 Å². The lowest BCUT2D eigenvalue weighted by Gasteiger charge is -2.26. The fourth-order valence-electron chi connectivity index (χ4n) is 1.91. The van der Waals surface area contributed by atoms with Crippen LogP contribution in [0, 0.1) is 0 Å². The zero-order valence-corrected chi connectivity index (χ0v) is 13.3. The van der Waals surface area contributed by atoms with Crippen LogP contribution >= 0.6 is 23.8 Å². The van der Waals surface area contributed by atoms with E-state index < -0.39 is 0 Å². The molecule has 1 saturated heterocycles. The van der Waals surface area contributed by atoms with Crippen molar-refractivity contribution in [3.05, 3.63) is 34.9 Å². The van der Waals surface area contributed by atoms with Crippen LogP contribution < -0.4 is 10.7 Å². The Morgan fingerprint density at radius 1 is 1.33 bits per heavy atom. The molecular formula is C14H19ClN4OS. The molecule has 2 N–H and O–H groups in total. The average molecular weight is 327 g/mol. The van der Waals surface area contributed by atoms with Gasteiger partial charge in [0, 0.05) is 31.2 Å². The van der Waals surface area contributed by atoms with E-state index in [1.54, 1.807) is 6.21 Å². The molecule has 1 heterocycles. The second-order valence-corrected chi connectivity index (χ2v) is 5.48. The smallest absolute Gasteiger partial charge is 0.187 e. The third-order valence-corrected chi connectivity index (χ3v) is 3.55. The summed E-state index contributed by atoms with van der Waals surface area (Å²) < 4.78 is 5.30. The number of benzene rings is 1. The molecule has 2 rings (SSSR count). The molecule has 0 radical (unpaired) electrons. The molecule has 5 nitrogen and oxygen atoms in total. The highest BCUT2D eigenvalue weighted by Gasteiger charge is 2.09. The molecular weight excluding hydrogens is 308 g/mol. The van der Waals surface area contributed by atoms with Crippen molar-refractivity contribution in [2.75, 3.05) is 39.4 Å². The molecule has 1 aliphatic heterocycles. The minimum absolute atomic E-state index is 0.522. The van der Waals surface area contributed by atoms with Gasteiger partial charge in [-0.15, -0.1) is 0 Å². The zero-order valence-electron chi connectivity index (χ0n) is 11.7. The number of morpholine rings is 1. The molecule has 0 amide bonds. The van der Waals surface area contributed by atoms with E-state index in [0.29, 0.717) is 10.1 Å². The van der Waals surface area contributed by atoms with E-state index in [1.165, 1.54) is 0 Å². The normalized spacial score (nSPS) is 16.0. The van der Waals surface area contributed by atoms with Crippen molar-refractivity contribution >= 4 is 35.1 Å². The second kappa shape index (κ2) is 8.94. The number of halogens is 1. The van der Waals surface area contributed by atoms with Crippen LogP contribution in [0.3, 0.4) is 0 Å². The van der Waals surface area contributed by atoms with Crippen molar-refractivity contribution < 1.29 is 4.74 Å². The summed E-state index contributed by atoms with van der Waals surface area (Å²) in [7, 11) is 0. The Hall–Kier alpha value is -1.21. The Kier molecular flexibility index (Phi) is 6.88. The van der Waals surface area contributed by atoms with Crippen LogP contribution in [-0.4, -0.2) is 55.6 Å². The molecule has 7 heteroatoms. The van der Waals surface area contributed by atoms with Gasteiger partial charge in [0.2, 0.25) is 0 Å². The van der Waals surface area contributed by atoms with Crippen LogP contribution in [0.4, 0.5) is 0 Å². The highest BCUT2D eigenvalue weighted by molar-refractivity contribution is 7.80. The van der Waals surface area contributed by atoms with E-state index in [2.05, 4.69) is 20.7 Å². The third kappa shape index (κ3) is 6.39. The van der Waals surface area contributed by atoms with Gasteiger partial charge in [0.1, 0.15) is 0 Å². The number of hydrogen-bond acceptors (Lipinski definition) is 4. The molecule has 114 valence electrons. The lowest BCUT2D eigenvalue weighted by Crippen LogP contribution is -2.42. The minimum Gasteiger partial charge on any atom is -0.379 e. The minimum atomic E-state index is 0.522. The van der Waals surface area contributed by atoms with Crippen molar-refractivity contribution in [3.8, 4) is 0 Å². The summed E-state index contributed by atoms with van der Waals surface area (Å²) >= 11 is 11.0. The molecule has 0 spiro atoms. The predicted octanol–water partition coefficient (Wildman–Crippen LogP) is 1.47. The number of hydrogen-bond donors (Lipinski definition) is 2. The summed E-state index contributed by atoms with van der Waals surface area (Å²) in [6, 6.07) is 7.43. The number of ether oxygens (including phenoxy) is 1. The van der Waals surface area contributed by atoms with Crippen molar-refractivity contribution in [1.29, 1.82) is 0 Å². The molecule has 0 atom stereocenters. The van der Waals surface area contributed by atoms with Gasteiger partial charge in [0.15, 0.2) is 5.11 Å². The maximum absolute atomic E-state index is 5.81. The van der Waals surface area contributed by atoms with Crippen LogP contribution in [0.1, 0.15) is 5.56 Å². The highest BCUT2D eigenvalue weighted by atomic mass is 35.5. The third-order valence-electron chi connectivity index (χ3n) is 3.07. The maximum Gasteiger partial charge on any atom is 0.187 e. The SMILES string of the molecule is S=C(NCCN1CCOCC1)N/N=C\c1ccc(Cl)cc1. The fourth-order valence-corrected chi connectivity index (χ4v) is 2.19. The first kappa shape index (κ1) is 16.2. The monoisotopic (exact) mass is 326 g/mol. The van der Waals surface area contributed by atoms with E-state index in [-0.39, 0.29) is 0 Å². The van der Waals surface area contributed by atoms with E-state index in [1.807, 2.05) is 24.3 Å². The van der Waals surface area contributed by atoms with Gasteiger partial charge in [0.25, 0.3) is 0 Å². The number of hydrazone groups is 1. The molecule has 1 aromatic carbocycles. The van der Waals surface area contributed by atoms with E-state index in [0.717, 1.165) is 45.0 Å². The first-order valence-corrected chi connectivity index (χ1v) is 7.65. The molecule has 21 heavy (non-hydrogen) atoms. The van der Waals surface area contributed by atoms with Gasteiger partial charge in [-0.3, -0.25) is 10.3 Å². The van der Waals surface area contributed by atoms with Crippen LogP contribution in [0.25, 0.3) is 0 Å². The summed E-state index contributed by atoms with van der Waals surface area (Å²) in [5, 5.41) is 8.44. The molecule has 1 aromatic rings. The topological polar surface area (TPSA) is 48.9 Å². The standard InChI is InChI=1S/C14H19ClN4OS/c15-13-3-1-12(2-4-13)11-17-18-14(21)16-5-6-19-7-9-20-10-8-19/h1-4,11H,5-10H2,(H2,16,18,21)/b17-11-. The van der Waals surface area contributed by atoms with Gasteiger partial charge in [-0.25, -0.2) is 0 Å². The number of nitrogens with one attached hydrogen (secondary N) is 2. The summed E-state index contributed by atoms with van der Waals surface area (Å²) in [5.74, 6) is 0. The van der Waals surface area contributed by atoms with Crippen LogP contribution in [-0.2, 0) is 4.74 Å². The largest absolute Gasteiger partial charge is 0.379 e. The van der Waals surface area contributed by atoms with Crippen molar-refractivity contribution in [2.45, 2.75) is 0 Å². The zero-order chi connectivity index (χ0) is 14.9. The number of rotatable bonds is 5. The Labute approximate surface area is 135 Å². The molecule has 0 unspecified atom stereocenters. The Morgan fingerprint density at radius 2 is 2.05 bits per heavy atom. The molecule has 0 saturated carbocycles. The Morgan fingerprint density at radius 3 is 2.76 bits per heavy atom. The lowest BCUT2D eigenvalue weighted by atomic mass is 10.2. The first-order chi connectivity index (χ1) is 10.2. The molecule has 1 aliphatic rings. The quantitative estimate of drug-likeness (QED) is 0.487. The van der Waals surface area contributed by atoms with E-state index >= 15 is 0 Å². The van der Waals surface area contributed by atoms with Gasteiger partial charge >= 0.3 is 0 Å². The van der Waals surface area contributed by atoms with Crippen molar-refractivity contribution in [1.82, 2.24) is 15.6 Å². The Balaban J connectivity index is 1.61. The summed E-state index contributed by atoms with van der Waals surface area (Å²) in [6.07, 6.45) is 1.70. The first-order valence-electron chi connectivity index (χ1n) is 6.86. The summed E-state index contributed by atoms with van der Waals surface area (Å²) in [6.45, 7) is 5.34. The van der Waals surface area contributed by atoms with E-state index in [4.69, 9.17) is 28.6 Å². The fraction of sp³-hybridized carbons (Fsp3) is 0.429. The molecule has 1 fully saturated rings. The van der Waals surface area contributed by atoms with Gasteiger partial charge in [-0.1, -0.05) is 23.7 Å². The highest BCUT2D eigenvalue weighted by Crippen LogP contribution is 2.07. The second-order valence-electron chi connectivity index (χ2n) is 4.63. The maximum atomic E-state index is 5.81. The summed E-state index contributed by atoms with van der Waals surface area (Å²) in [5.41, 5.74) is 3.76. The van der Waals surface area contributed by atoms with Crippen LogP contribution in [0.15, 0.2) is 29.4 Å². The summed E-state index contributed by atoms with van der Waals surface area (Å²) in [4.78, 5) is 2.34. The lowest BCUT2D eigenvalue weighted by molar-refractivity contribution is 0.0389. The van der Waals surface area contributed by atoms with Crippen molar-refractivity contribution in [2.24, 2.45) is 5.10 Å².